The van der Waals surface area contributed by atoms with Crippen LogP contribution in [0, 0.1) is 0 Å². The summed E-state index contributed by atoms with van der Waals surface area (Å²) >= 11 is 0.752. The van der Waals surface area contributed by atoms with E-state index in [4.69, 9.17) is 4.74 Å². The van der Waals surface area contributed by atoms with Gasteiger partial charge in [-0.2, -0.15) is 0 Å². The van der Waals surface area contributed by atoms with Crippen molar-refractivity contribution in [1.82, 2.24) is 0 Å². The van der Waals surface area contributed by atoms with Gasteiger partial charge in [0, 0.05) is 9.37 Å². The Balaban J connectivity index is 0.00000128. The van der Waals surface area contributed by atoms with E-state index in [0.717, 1.165) is 0 Å². The molecular weight excluding hydrogens is 309 g/mol. The molecule has 1 heterocycles. The van der Waals surface area contributed by atoms with Crippen LogP contribution >= 0.6 is 15.9 Å². The van der Waals surface area contributed by atoms with Crippen molar-refractivity contribution in [2.45, 2.75) is 4.90 Å². The zero-order valence-electron chi connectivity index (χ0n) is 8.28. The van der Waals surface area contributed by atoms with E-state index in [1.165, 1.54) is 12.1 Å². The van der Waals surface area contributed by atoms with Gasteiger partial charge in [-0.25, -0.2) is 0 Å². The fourth-order valence-electron chi connectivity index (χ4n) is 1.21. The van der Waals surface area contributed by atoms with Crippen LogP contribution in [0.4, 0.5) is 5.69 Å². The van der Waals surface area contributed by atoms with E-state index in [0.29, 0.717) is 15.9 Å². The molecule has 0 saturated carbocycles. The van der Waals surface area contributed by atoms with Crippen molar-refractivity contribution in [3.05, 3.63) is 16.6 Å². The van der Waals surface area contributed by atoms with E-state index in [-0.39, 0.29) is 47.0 Å². The monoisotopic (exact) mass is 313 g/mol. The number of hydrogen-bond donors (Lipinski definition) is 1. The van der Waals surface area contributed by atoms with Gasteiger partial charge in [0.25, 0.3) is 5.91 Å². The summed E-state index contributed by atoms with van der Waals surface area (Å²) in [5.74, 6) is 0.156. The van der Waals surface area contributed by atoms with Crippen LogP contribution in [0.3, 0.4) is 0 Å². The van der Waals surface area contributed by atoms with Crippen molar-refractivity contribution in [3.63, 3.8) is 0 Å². The first-order valence-electron chi connectivity index (χ1n) is 3.93. The summed E-state index contributed by atoms with van der Waals surface area (Å²) in [5.41, 5.74) is 0.369. The molecule has 0 saturated heterocycles. The largest absolute Gasteiger partial charge is 1.00 e. The molecule has 16 heavy (non-hydrogen) atoms. The summed E-state index contributed by atoms with van der Waals surface area (Å²) in [6.45, 7) is -0.0563. The van der Waals surface area contributed by atoms with Crippen LogP contribution in [-0.2, 0) is 15.9 Å². The standard InChI is InChI=1S/C8H6BrNO4S.Na/c9-4-1-6-5(2-7(4)15(12)13)10-8(11)3-14-6;/h1-2H,3H2,(H,10,11)(H,12,13);/q;+1/p-1. The smallest absolute Gasteiger partial charge is 0.768 e. The summed E-state index contributed by atoms with van der Waals surface area (Å²) < 4.78 is 27.1. The Hall–Kier alpha value is 0.0800. The average Bonchev–Trinajstić information content (AvgIpc) is 2.17. The van der Waals surface area contributed by atoms with Gasteiger partial charge in [0.2, 0.25) is 0 Å². The molecule has 5 nitrogen and oxygen atoms in total. The Morgan fingerprint density at radius 1 is 1.50 bits per heavy atom. The second kappa shape index (κ2) is 5.61. The predicted octanol–water partition coefficient (Wildman–Crippen LogP) is -1.98. The van der Waals surface area contributed by atoms with Crippen LogP contribution in [0.2, 0.25) is 0 Å². The minimum absolute atomic E-state index is 0. The van der Waals surface area contributed by atoms with Crippen LogP contribution in [0.15, 0.2) is 21.5 Å². The molecular formula is C8H5BrNNaO4S. The van der Waals surface area contributed by atoms with Crippen LogP contribution in [0.1, 0.15) is 0 Å². The molecule has 80 valence electrons. The van der Waals surface area contributed by atoms with Crippen molar-refractivity contribution in [3.8, 4) is 5.75 Å². The van der Waals surface area contributed by atoms with Crippen molar-refractivity contribution >= 4 is 38.6 Å². The zero-order valence-corrected chi connectivity index (χ0v) is 12.7. The van der Waals surface area contributed by atoms with Crippen LogP contribution in [0.5, 0.6) is 5.75 Å². The number of halogens is 1. The number of rotatable bonds is 1. The van der Waals surface area contributed by atoms with Gasteiger partial charge in [0.1, 0.15) is 5.75 Å². The fourth-order valence-corrected chi connectivity index (χ4v) is 2.36. The van der Waals surface area contributed by atoms with Gasteiger partial charge in [-0.15, -0.1) is 0 Å². The third kappa shape index (κ3) is 2.85. The molecule has 1 aromatic rings. The van der Waals surface area contributed by atoms with E-state index >= 15 is 0 Å². The molecule has 1 aromatic carbocycles. The first-order valence-corrected chi connectivity index (χ1v) is 5.80. The molecule has 0 aromatic heterocycles. The van der Waals surface area contributed by atoms with Crippen LogP contribution < -0.4 is 39.6 Å². The Labute approximate surface area is 125 Å². The number of benzene rings is 1. The predicted molar refractivity (Wildman–Crippen MR) is 55.5 cm³/mol. The minimum Gasteiger partial charge on any atom is -0.768 e. The maximum atomic E-state index is 11.0. The van der Waals surface area contributed by atoms with Gasteiger partial charge in [-0.1, -0.05) is 0 Å². The summed E-state index contributed by atoms with van der Waals surface area (Å²) in [4.78, 5) is 11.1. The molecule has 1 aliphatic rings. The van der Waals surface area contributed by atoms with Gasteiger partial charge in [-0.3, -0.25) is 9.00 Å². The van der Waals surface area contributed by atoms with Crippen LogP contribution in [0.25, 0.3) is 0 Å². The zero-order chi connectivity index (χ0) is 11.0. The van der Waals surface area contributed by atoms with E-state index in [1.54, 1.807) is 0 Å². The van der Waals surface area contributed by atoms with Crippen molar-refractivity contribution in [1.29, 1.82) is 0 Å². The molecule has 0 fully saturated rings. The Bertz CT molecular complexity index is 468. The normalized spacial score (nSPS) is 15.2. The number of anilines is 1. The molecule has 0 spiro atoms. The Kier molecular flexibility index (Phi) is 4.96. The minimum atomic E-state index is -2.35. The summed E-state index contributed by atoms with van der Waals surface area (Å²) in [6.07, 6.45) is 0. The Morgan fingerprint density at radius 3 is 2.81 bits per heavy atom. The quantitative estimate of drug-likeness (QED) is 0.481. The maximum Gasteiger partial charge on any atom is 1.00 e. The Morgan fingerprint density at radius 2 is 2.19 bits per heavy atom. The van der Waals surface area contributed by atoms with Gasteiger partial charge in [-0.05, 0) is 39.1 Å². The molecule has 0 aliphatic carbocycles. The number of carbonyl (C=O) groups excluding carboxylic acids is 1. The summed E-state index contributed by atoms with van der Waals surface area (Å²) in [7, 11) is 0. The third-order valence-electron chi connectivity index (χ3n) is 1.85. The van der Waals surface area contributed by atoms with Gasteiger partial charge in [0.15, 0.2) is 6.61 Å². The average molecular weight is 314 g/mol. The van der Waals surface area contributed by atoms with Crippen molar-refractivity contribution < 1.29 is 47.9 Å². The topological polar surface area (TPSA) is 78.5 Å². The van der Waals surface area contributed by atoms with E-state index in [1.807, 2.05) is 0 Å². The first-order chi connectivity index (χ1) is 7.08. The van der Waals surface area contributed by atoms with E-state index < -0.39 is 11.1 Å². The molecule has 1 aliphatic heterocycles. The molecule has 2 rings (SSSR count). The molecule has 8 heteroatoms. The molecule has 0 bridgehead atoms. The summed E-state index contributed by atoms with van der Waals surface area (Å²) in [6, 6.07) is 2.86. The second-order valence-corrected chi connectivity index (χ2v) is 4.61. The number of ether oxygens (including phenoxy) is 1. The maximum absolute atomic E-state index is 11.0. The molecule has 1 atom stereocenters. The number of amides is 1. The van der Waals surface area contributed by atoms with E-state index in [9.17, 15) is 13.6 Å². The fraction of sp³-hybridized carbons (Fsp3) is 0.125. The molecule has 1 N–H and O–H groups in total. The number of nitrogens with one attached hydrogen (secondary N) is 1. The number of hydrogen-bond acceptors (Lipinski definition) is 4. The second-order valence-electron chi connectivity index (χ2n) is 2.85. The van der Waals surface area contributed by atoms with Gasteiger partial charge in [0.05, 0.1) is 5.69 Å². The number of fused-ring (bicyclic) bond motifs is 1. The van der Waals surface area contributed by atoms with Gasteiger partial charge >= 0.3 is 29.6 Å². The third-order valence-corrected chi connectivity index (χ3v) is 3.46. The molecule has 1 amide bonds. The first kappa shape index (κ1) is 14.1. The van der Waals surface area contributed by atoms with Crippen LogP contribution in [-0.4, -0.2) is 21.3 Å². The van der Waals surface area contributed by atoms with E-state index in [2.05, 4.69) is 21.2 Å². The summed E-state index contributed by atoms with van der Waals surface area (Å²) in [5, 5.41) is 2.52. The van der Waals surface area contributed by atoms with Gasteiger partial charge < -0.3 is 14.6 Å². The molecule has 0 radical (unpaired) electrons. The molecule has 1 unspecified atom stereocenters. The van der Waals surface area contributed by atoms with Crippen molar-refractivity contribution in [2.75, 3.05) is 11.9 Å². The SMILES string of the molecule is O=C1COc2cc(Br)c(S(=O)[O-])cc2N1.[Na+]. The van der Waals surface area contributed by atoms with Crippen molar-refractivity contribution in [2.24, 2.45) is 0 Å². The number of carbonyl (C=O) groups is 1.